The Morgan fingerprint density at radius 1 is 1.50 bits per heavy atom. The van der Waals surface area contributed by atoms with Crippen LogP contribution >= 0.6 is 0 Å². The third kappa shape index (κ3) is 3.61. The van der Waals surface area contributed by atoms with Gasteiger partial charge < -0.3 is 10.1 Å². The summed E-state index contributed by atoms with van der Waals surface area (Å²) in [6.45, 7) is 2.22. The van der Waals surface area contributed by atoms with Crippen molar-refractivity contribution in [3.05, 3.63) is 46.3 Å². The molecule has 2 aromatic heterocycles. The lowest BCUT2D eigenvalue weighted by Gasteiger charge is -1.97. The summed E-state index contributed by atoms with van der Waals surface area (Å²) in [6, 6.07) is 4.95. The molecule has 2 aromatic rings. The first-order chi connectivity index (χ1) is 9.54. The molecule has 0 saturated heterocycles. The fourth-order valence-electron chi connectivity index (χ4n) is 1.58. The Morgan fingerprint density at radius 2 is 2.30 bits per heavy atom. The molecule has 0 bridgehead atoms. The molecule has 20 heavy (non-hydrogen) atoms. The van der Waals surface area contributed by atoms with Gasteiger partial charge in [0, 0.05) is 6.07 Å². The van der Waals surface area contributed by atoms with E-state index in [0.717, 1.165) is 5.56 Å². The second-order valence-corrected chi connectivity index (χ2v) is 4.27. The molecule has 8 nitrogen and oxygen atoms in total. The highest BCUT2D eigenvalue weighted by molar-refractivity contribution is 5.88. The number of hydrogen-bond donors (Lipinski definition) is 1. The van der Waals surface area contributed by atoms with Crippen molar-refractivity contribution in [1.82, 2.24) is 9.78 Å². The number of rotatable bonds is 5. The molecule has 0 spiro atoms. The summed E-state index contributed by atoms with van der Waals surface area (Å²) < 4.78 is 1.37. The number of nitrogens with one attached hydrogen (secondary N) is 2. The Balaban J connectivity index is 1.85. The van der Waals surface area contributed by atoms with Crippen molar-refractivity contribution < 1.29 is 14.7 Å². The molecule has 0 aliphatic heterocycles. The minimum Gasteiger partial charge on any atom is -0.358 e. The molecule has 0 fully saturated rings. The van der Waals surface area contributed by atoms with Crippen LogP contribution in [-0.2, 0) is 11.3 Å². The predicted molar refractivity (Wildman–Crippen MR) is 69.9 cm³/mol. The minimum absolute atomic E-state index is 0.181. The van der Waals surface area contributed by atoms with E-state index in [1.54, 1.807) is 12.3 Å². The maximum Gasteiger partial charge on any atom is 0.389 e. The van der Waals surface area contributed by atoms with E-state index < -0.39 is 4.92 Å². The molecule has 0 aromatic carbocycles. The summed E-state index contributed by atoms with van der Waals surface area (Å²) >= 11 is 0. The first-order valence-corrected chi connectivity index (χ1v) is 6.00. The lowest BCUT2D eigenvalue weighted by Crippen LogP contribution is -2.20. The fraction of sp³-hybridized carbons (Fsp3) is 0.250. The van der Waals surface area contributed by atoms with Gasteiger partial charge in [-0.15, -0.1) is 0 Å². The van der Waals surface area contributed by atoms with E-state index in [-0.39, 0.29) is 24.7 Å². The summed E-state index contributed by atoms with van der Waals surface area (Å²) in [5.74, 6) is 0.188. The molecule has 0 aliphatic rings. The van der Waals surface area contributed by atoms with Gasteiger partial charge >= 0.3 is 11.7 Å². The zero-order valence-corrected chi connectivity index (χ0v) is 10.9. The van der Waals surface area contributed by atoms with E-state index in [2.05, 4.69) is 15.4 Å². The van der Waals surface area contributed by atoms with Crippen LogP contribution in [0.5, 0.6) is 0 Å². The van der Waals surface area contributed by atoms with Crippen LogP contribution in [0.3, 0.4) is 0 Å². The number of carbonyl (C=O) groups excluding carboxylic acids is 1. The number of anilines is 1. The predicted octanol–water partition coefficient (Wildman–Crippen LogP) is 0.943. The van der Waals surface area contributed by atoms with Gasteiger partial charge in [0.15, 0.2) is 0 Å². The summed E-state index contributed by atoms with van der Waals surface area (Å²) in [6.07, 6.45) is 3.44. The molecule has 8 heteroatoms. The van der Waals surface area contributed by atoms with Gasteiger partial charge in [0.2, 0.25) is 0 Å². The van der Waals surface area contributed by atoms with Gasteiger partial charge in [-0.1, -0.05) is 0 Å². The van der Waals surface area contributed by atoms with Crippen LogP contribution in [0, 0.1) is 17.0 Å². The molecule has 2 N–H and O–H groups in total. The first kappa shape index (κ1) is 13.7. The lowest BCUT2D eigenvalue weighted by atomic mass is 10.3. The normalized spacial score (nSPS) is 10.2. The van der Waals surface area contributed by atoms with Gasteiger partial charge in [-0.2, -0.15) is 4.68 Å². The number of nitrogens with zero attached hydrogens (tertiary/aromatic N) is 3. The maximum atomic E-state index is 11.7. The van der Waals surface area contributed by atoms with E-state index in [9.17, 15) is 14.9 Å². The number of amides is 1. The molecule has 0 radical (unpaired) electrons. The molecule has 2 heterocycles. The number of H-pyrrole nitrogens is 1. The number of carbonyl (C=O) groups is 1. The largest absolute Gasteiger partial charge is 0.389 e. The molecule has 1 amide bonds. The maximum absolute atomic E-state index is 11.7. The smallest absolute Gasteiger partial charge is 0.358 e. The summed E-state index contributed by atoms with van der Waals surface area (Å²) in [5, 5.41) is 16.9. The van der Waals surface area contributed by atoms with Crippen molar-refractivity contribution in [3.8, 4) is 0 Å². The van der Waals surface area contributed by atoms with Crippen molar-refractivity contribution in [2.45, 2.75) is 19.9 Å². The Hall–Kier alpha value is -2.77. The zero-order valence-electron chi connectivity index (χ0n) is 10.9. The van der Waals surface area contributed by atoms with E-state index in [4.69, 9.17) is 0 Å². The Kier molecular flexibility index (Phi) is 4.04. The van der Waals surface area contributed by atoms with Crippen LogP contribution in [0.1, 0.15) is 12.0 Å². The van der Waals surface area contributed by atoms with Gasteiger partial charge in [0.05, 0.1) is 36.5 Å². The van der Waals surface area contributed by atoms with Crippen molar-refractivity contribution in [2.24, 2.45) is 0 Å². The molecule has 0 saturated carbocycles. The number of aromatic amines is 1. The highest BCUT2D eigenvalue weighted by Gasteiger charge is 2.14. The van der Waals surface area contributed by atoms with Crippen LogP contribution < -0.4 is 10.3 Å². The van der Waals surface area contributed by atoms with Gasteiger partial charge in [-0.3, -0.25) is 0 Å². The molecule has 104 valence electrons. The molecule has 2 rings (SSSR count). The van der Waals surface area contributed by atoms with E-state index >= 15 is 0 Å². The third-order valence-corrected chi connectivity index (χ3v) is 2.62. The van der Waals surface area contributed by atoms with Crippen LogP contribution in [0.2, 0.25) is 0 Å². The fourth-order valence-corrected chi connectivity index (χ4v) is 1.58. The monoisotopic (exact) mass is 276 g/mol. The quantitative estimate of drug-likeness (QED) is 0.648. The van der Waals surface area contributed by atoms with Crippen molar-refractivity contribution in [2.75, 3.05) is 5.32 Å². The Labute approximate surface area is 114 Å². The van der Waals surface area contributed by atoms with Crippen LogP contribution in [0.4, 0.5) is 11.6 Å². The topological polar surface area (TPSA) is 104 Å². The molecule has 0 atom stereocenters. The average molecular weight is 276 g/mol. The second kappa shape index (κ2) is 5.91. The number of aromatic nitrogens is 3. The molecule has 0 aliphatic carbocycles. The van der Waals surface area contributed by atoms with Crippen molar-refractivity contribution in [1.29, 1.82) is 0 Å². The molecular formula is C12H14N5O3+. The number of aryl methyl sites for hydroxylation is 2. The van der Waals surface area contributed by atoms with Crippen molar-refractivity contribution in [3.63, 3.8) is 0 Å². The minimum atomic E-state index is -0.572. The van der Waals surface area contributed by atoms with Gasteiger partial charge in [-0.25, -0.2) is 15.1 Å². The van der Waals surface area contributed by atoms with E-state index in [0.29, 0.717) is 5.82 Å². The van der Waals surface area contributed by atoms with Gasteiger partial charge in [-0.05, 0) is 23.5 Å². The molecule has 0 unspecified atom stereocenters. The molecular weight excluding hydrogens is 262 g/mol. The average Bonchev–Trinajstić information content (AvgIpc) is 2.88. The third-order valence-electron chi connectivity index (χ3n) is 2.62. The summed E-state index contributed by atoms with van der Waals surface area (Å²) in [5.41, 5.74) is 1.06. The van der Waals surface area contributed by atoms with Crippen molar-refractivity contribution >= 4 is 17.5 Å². The number of pyridine rings is 1. The second-order valence-electron chi connectivity index (χ2n) is 4.27. The van der Waals surface area contributed by atoms with Gasteiger partial charge in [0.1, 0.15) is 0 Å². The summed E-state index contributed by atoms with van der Waals surface area (Å²) in [4.78, 5) is 24.5. The number of nitro groups is 1. The Morgan fingerprint density at radius 3 is 2.90 bits per heavy atom. The van der Waals surface area contributed by atoms with Crippen LogP contribution in [-0.4, -0.2) is 20.6 Å². The van der Waals surface area contributed by atoms with Crippen LogP contribution in [0.15, 0.2) is 30.6 Å². The highest BCUT2D eigenvalue weighted by atomic mass is 16.6. The van der Waals surface area contributed by atoms with E-state index in [1.807, 2.05) is 13.0 Å². The Bertz CT molecular complexity index is 620. The van der Waals surface area contributed by atoms with E-state index in [1.165, 1.54) is 16.9 Å². The first-order valence-electron chi connectivity index (χ1n) is 6.00. The lowest BCUT2D eigenvalue weighted by molar-refractivity contribution is -0.389. The highest BCUT2D eigenvalue weighted by Crippen LogP contribution is 2.06. The zero-order chi connectivity index (χ0) is 14.5. The number of hydrogen-bond acceptors (Lipinski definition) is 4. The van der Waals surface area contributed by atoms with Crippen LogP contribution in [0.25, 0.3) is 0 Å². The summed E-state index contributed by atoms with van der Waals surface area (Å²) in [7, 11) is 0. The SMILES string of the molecule is Cc1ccc(NC(=O)CCn2ccc([N+](=O)[O-])n2)[nH+]c1. The standard InChI is InChI=1S/C12H13N5O3/c1-9-2-3-10(13-8-9)14-12(18)5-7-16-6-4-11(15-16)17(19)20/h2-4,6,8H,5,7H2,1H3,(H,13,14,18)/p+1. The van der Waals surface area contributed by atoms with Gasteiger partial charge in [0.25, 0.3) is 5.82 Å².